The summed E-state index contributed by atoms with van der Waals surface area (Å²) in [5, 5.41) is 12.6. The minimum absolute atomic E-state index is 0.0162. The largest absolute Gasteiger partial charge is 0.331 e. The van der Waals surface area contributed by atoms with Crippen molar-refractivity contribution in [2.45, 2.75) is 26.9 Å². The van der Waals surface area contributed by atoms with Gasteiger partial charge in [-0.1, -0.05) is 29.8 Å². The molecule has 5 rings (SSSR count). The van der Waals surface area contributed by atoms with Crippen LogP contribution in [0.25, 0.3) is 22.3 Å². The fourth-order valence-electron chi connectivity index (χ4n) is 3.93. The number of hydrogen-bond acceptors (Lipinski definition) is 6. The number of pyridine rings is 1. The lowest BCUT2D eigenvalue weighted by molar-refractivity contribution is 0.195. The monoisotopic (exact) mass is 519 g/mol. The van der Waals surface area contributed by atoms with Gasteiger partial charge >= 0.3 is 6.03 Å². The summed E-state index contributed by atoms with van der Waals surface area (Å²) in [6, 6.07) is 13.8. The molecule has 0 aliphatic heterocycles. The molecule has 0 aliphatic carbocycles. The smallest absolute Gasteiger partial charge is 0.318 e. The average molecular weight is 520 g/mol. The van der Waals surface area contributed by atoms with Crippen LogP contribution in [0.2, 0.25) is 5.02 Å². The summed E-state index contributed by atoms with van der Waals surface area (Å²) in [6.45, 7) is 4.37. The third-order valence-electron chi connectivity index (χ3n) is 5.77. The molecule has 5 aromatic rings. The maximum absolute atomic E-state index is 14.0. The van der Waals surface area contributed by atoms with Crippen LogP contribution in [-0.2, 0) is 13.1 Å². The molecule has 2 aromatic carbocycles. The molecule has 0 aliphatic rings. The molecule has 0 fully saturated rings. The lowest BCUT2D eigenvalue weighted by Crippen LogP contribution is -2.40. The number of halogens is 2. The van der Waals surface area contributed by atoms with E-state index in [1.54, 1.807) is 28.8 Å². The molecule has 3 heterocycles. The molecule has 0 spiro atoms. The van der Waals surface area contributed by atoms with Gasteiger partial charge in [-0.2, -0.15) is 10.2 Å². The Morgan fingerprint density at radius 2 is 1.92 bits per heavy atom. The minimum atomic E-state index is -0.563. The maximum atomic E-state index is 14.0. The van der Waals surface area contributed by atoms with Gasteiger partial charge in [-0.05, 0) is 38.1 Å². The van der Waals surface area contributed by atoms with Crippen molar-refractivity contribution in [1.82, 2.24) is 44.7 Å². The number of amides is 2. The number of carbonyl (C=O) groups excluding carboxylic acids is 1. The van der Waals surface area contributed by atoms with Crippen LogP contribution >= 0.6 is 11.6 Å². The van der Waals surface area contributed by atoms with Gasteiger partial charge in [0.2, 0.25) is 0 Å². The molecular formula is C25H23ClFN9O. The molecule has 3 aromatic heterocycles. The normalized spacial score (nSPS) is 11.1. The van der Waals surface area contributed by atoms with Gasteiger partial charge in [0, 0.05) is 18.0 Å². The van der Waals surface area contributed by atoms with E-state index in [0.29, 0.717) is 29.7 Å². The van der Waals surface area contributed by atoms with Crippen LogP contribution in [-0.4, -0.2) is 52.0 Å². The topological polar surface area (TPSA) is 107 Å². The van der Waals surface area contributed by atoms with Crippen molar-refractivity contribution >= 4 is 28.5 Å². The van der Waals surface area contributed by atoms with Crippen molar-refractivity contribution in [3.8, 4) is 11.4 Å². The zero-order valence-corrected chi connectivity index (χ0v) is 20.9. The zero-order valence-electron chi connectivity index (χ0n) is 20.1. The first-order valence-electron chi connectivity index (χ1n) is 11.6. The molecule has 0 radical (unpaired) electrons. The highest BCUT2D eigenvalue weighted by molar-refractivity contribution is 6.30. The van der Waals surface area contributed by atoms with E-state index < -0.39 is 5.82 Å². The number of benzene rings is 2. The van der Waals surface area contributed by atoms with Crippen molar-refractivity contribution in [3.63, 3.8) is 0 Å². The molecule has 0 saturated heterocycles. The van der Waals surface area contributed by atoms with Gasteiger partial charge in [0.15, 0.2) is 11.6 Å². The van der Waals surface area contributed by atoms with Gasteiger partial charge in [-0.15, -0.1) is 0 Å². The van der Waals surface area contributed by atoms with Gasteiger partial charge in [0.1, 0.15) is 18.0 Å². The highest BCUT2D eigenvalue weighted by Gasteiger charge is 2.18. The van der Waals surface area contributed by atoms with Crippen molar-refractivity contribution in [2.24, 2.45) is 0 Å². The van der Waals surface area contributed by atoms with E-state index >= 15 is 0 Å². The standard InChI is InChI=1S/C25H23ClFN9O/c1-3-34(14-24-30-15-31-35(24)18-8-9-20(26)21(27)11-18)25(37)29-13-23-32-16(2)33-36(23)19-10-17-6-4-5-7-22(17)28-12-19/h4-12,15H,3,13-14H2,1-2H3,(H,29,37). The Morgan fingerprint density at radius 1 is 1.08 bits per heavy atom. The zero-order chi connectivity index (χ0) is 25.9. The van der Waals surface area contributed by atoms with Gasteiger partial charge in [0.05, 0.1) is 41.2 Å². The van der Waals surface area contributed by atoms with Crippen LogP contribution < -0.4 is 5.32 Å². The lowest BCUT2D eigenvalue weighted by Gasteiger charge is -2.21. The van der Waals surface area contributed by atoms with Crippen molar-refractivity contribution < 1.29 is 9.18 Å². The van der Waals surface area contributed by atoms with Crippen LogP contribution in [0.3, 0.4) is 0 Å². The van der Waals surface area contributed by atoms with Gasteiger partial charge in [-0.25, -0.2) is 28.5 Å². The minimum Gasteiger partial charge on any atom is -0.331 e. The van der Waals surface area contributed by atoms with Crippen LogP contribution in [0.4, 0.5) is 9.18 Å². The third-order valence-corrected chi connectivity index (χ3v) is 6.07. The first kappa shape index (κ1) is 24.3. The molecule has 10 nitrogen and oxygen atoms in total. The molecule has 1 N–H and O–H groups in total. The predicted molar refractivity (Wildman–Crippen MR) is 136 cm³/mol. The summed E-state index contributed by atoms with van der Waals surface area (Å²) in [5.74, 6) is 1.05. The number of rotatable bonds is 7. The second-order valence-corrected chi connectivity index (χ2v) is 8.64. The maximum Gasteiger partial charge on any atom is 0.318 e. The third kappa shape index (κ3) is 5.12. The number of aromatic nitrogens is 7. The van der Waals surface area contributed by atoms with E-state index in [0.717, 1.165) is 16.6 Å². The molecule has 12 heteroatoms. The quantitative estimate of drug-likeness (QED) is 0.345. The molecule has 0 atom stereocenters. The number of hydrogen-bond donors (Lipinski definition) is 1. The van der Waals surface area contributed by atoms with Crippen LogP contribution in [0.15, 0.2) is 61.1 Å². The molecule has 0 bridgehead atoms. The average Bonchev–Trinajstić information content (AvgIpc) is 3.53. The Hall–Kier alpha value is -4.38. The van der Waals surface area contributed by atoms with E-state index in [-0.39, 0.29) is 24.1 Å². The first-order chi connectivity index (χ1) is 17.9. The second kappa shape index (κ2) is 10.3. The Kier molecular flexibility index (Phi) is 6.78. The van der Waals surface area contributed by atoms with E-state index in [4.69, 9.17) is 11.6 Å². The number of fused-ring (bicyclic) bond motifs is 1. The van der Waals surface area contributed by atoms with E-state index in [1.165, 1.54) is 23.1 Å². The number of carbonyl (C=O) groups is 1. The molecule has 188 valence electrons. The molecule has 0 unspecified atom stereocenters. The number of para-hydroxylation sites is 1. The molecule has 37 heavy (non-hydrogen) atoms. The molecule has 2 amide bonds. The fraction of sp³-hybridized carbons (Fsp3) is 0.200. The van der Waals surface area contributed by atoms with Crippen LogP contribution in [0, 0.1) is 12.7 Å². The number of urea groups is 1. The van der Waals surface area contributed by atoms with Gasteiger partial charge in [0.25, 0.3) is 0 Å². The van der Waals surface area contributed by atoms with Gasteiger partial charge in [-0.3, -0.25) is 4.98 Å². The summed E-state index contributed by atoms with van der Waals surface area (Å²) in [4.78, 5) is 27.9. The Morgan fingerprint density at radius 3 is 2.73 bits per heavy atom. The molecular weight excluding hydrogens is 497 g/mol. The summed E-state index contributed by atoms with van der Waals surface area (Å²) in [7, 11) is 0. The SMILES string of the molecule is CCN(Cc1ncnn1-c1ccc(Cl)c(F)c1)C(=O)NCc1nc(C)nn1-c1cnc2ccccc2c1. The number of nitrogens with one attached hydrogen (secondary N) is 1. The highest BCUT2D eigenvalue weighted by atomic mass is 35.5. The van der Waals surface area contributed by atoms with E-state index in [9.17, 15) is 9.18 Å². The van der Waals surface area contributed by atoms with Crippen LogP contribution in [0.5, 0.6) is 0 Å². The van der Waals surface area contributed by atoms with Crippen molar-refractivity contribution in [3.05, 3.63) is 89.4 Å². The first-order valence-corrected chi connectivity index (χ1v) is 12.0. The Bertz CT molecular complexity index is 1580. The predicted octanol–water partition coefficient (Wildman–Crippen LogP) is 4.23. The van der Waals surface area contributed by atoms with Crippen molar-refractivity contribution in [1.29, 1.82) is 0 Å². The summed E-state index contributed by atoms with van der Waals surface area (Å²) in [6.07, 6.45) is 3.09. The Labute approximate surface area is 216 Å². The summed E-state index contributed by atoms with van der Waals surface area (Å²) < 4.78 is 17.1. The summed E-state index contributed by atoms with van der Waals surface area (Å²) in [5.41, 5.74) is 2.09. The lowest BCUT2D eigenvalue weighted by atomic mass is 10.2. The van der Waals surface area contributed by atoms with E-state index in [1.807, 2.05) is 37.3 Å². The Balaban J connectivity index is 1.31. The summed E-state index contributed by atoms with van der Waals surface area (Å²) >= 11 is 5.80. The highest BCUT2D eigenvalue weighted by Crippen LogP contribution is 2.19. The fourth-order valence-corrected chi connectivity index (χ4v) is 4.04. The number of aryl methyl sites for hydroxylation is 1. The van der Waals surface area contributed by atoms with Crippen LogP contribution in [0.1, 0.15) is 24.4 Å². The van der Waals surface area contributed by atoms with E-state index in [2.05, 4.69) is 30.5 Å². The number of nitrogens with zero attached hydrogens (tertiary/aromatic N) is 8. The second-order valence-electron chi connectivity index (χ2n) is 8.23. The van der Waals surface area contributed by atoms with Gasteiger partial charge < -0.3 is 10.2 Å². The van der Waals surface area contributed by atoms with Crippen molar-refractivity contribution in [2.75, 3.05) is 6.54 Å². The molecule has 0 saturated carbocycles.